The number of nitrogens with zero attached hydrogens (tertiary/aromatic N) is 3. The summed E-state index contributed by atoms with van der Waals surface area (Å²) in [5.74, 6) is 2.36. The zero-order chi connectivity index (χ0) is 18.0. The Morgan fingerprint density at radius 3 is 2.56 bits per heavy atom. The Kier molecular flexibility index (Phi) is 5.06. The van der Waals surface area contributed by atoms with Gasteiger partial charge in [0.15, 0.2) is 11.5 Å². The second kappa shape index (κ2) is 7.25. The Morgan fingerprint density at radius 2 is 1.92 bits per heavy atom. The number of aromatic nitrogens is 2. The Morgan fingerprint density at radius 1 is 1.20 bits per heavy atom. The van der Waals surface area contributed by atoms with Crippen LogP contribution in [0.15, 0.2) is 29.6 Å². The van der Waals surface area contributed by atoms with Gasteiger partial charge in [-0.2, -0.15) is 0 Å². The molecule has 2 N–H and O–H groups in total. The molecule has 0 saturated heterocycles. The lowest BCUT2D eigenvalue weighted by molar-refractivity contribution is 0.250. The molecule has 3 rings (SSSR count). The smallest absolute Gasteiger partial charge is 0.162 e. The maximum atomic E-state index is 6.15. The second-order valence-corrected chi connectivity index (χ2v) is 6.84. The van der Waals surface area contributed by atoms with E-state index in [0.29, 0.717) is 29.7 Å². The molecule has 0 amide bonds. The van der Waals surface area contributed by atoms with Crippen molar-refractivity contribution in [3.8, 4) is 11.5 Å². The van der Waals surface area contributed by atoms with Crippen molar-refractivity contribution in [1.82, 2.24) is 14.9 Å². The number of ether oxygens (including phenoxy) is 2. The number of rotatable bonds is 6. The molecule has 0 aliphatic rings. The fourth-order valence-electron chi connectivity index (χ4n) is 2.71. The number of anilines is 1. The maximum absolute atomic E-state index is 6.15. The van der Waals surface area contributed by atoms with Gasteiger partial charge in [-0.15, -0.1) is 11.3 Å². The van der Waals surface area contributed by atoms with Gasteiger partial charge in [0, 0.05) is 22.4 Å². The average Bonchev–Trinajstić information content (AvgIpc) is 3.14. The summed E-state index contributed by atoms with van der Waals surface area (Å²) in [6, 6.07) is 8.13. The van der Waals surface area contributed by atoms with Crippen molar-refractivity contribution in [3.63, 3.8) is 0 Å². The van der Waals surface area contributed by atoms with Gasteiger partial charge in [-0.3, -0.25) is 4.90 Å². The zero-order valence-corrected chi connectivity index (χ0v) is 15.6. The Bertz CT molecular complexity index is 867. The van der Waals surface area contributed by atoms with E-state index in [4.69, 9.17) is 15.2 Å². The predicted molar refractivity (Wildman–Crippen MR) is 101 cm³/mol. The van der Waals surface area contributed by atoms with E-state index in [1.165, 1.54) is 4.88 Å². The topological polar surface area (TPSA) is 73.5 Å². The molecular formula is C18H22N4O2S. The highest BCUT2D eigenvalue weighted by atomic mass is 32.1. The molecule has 25 heavy (non-hydrogen) atoms. The van der Waals surface area contributed by atoms with E-state index in [1.807, 2.05) is 12.1 Å². The molecule has 0 aliphatic carbocycles. The normalized spacial score (nSPS) is 12.5. The second-order valence-electron chi connectivity index (χ2n) is 5.86. The van der Waals surface area contributed by atoms with Crippen molar-refractivity contribution in [2.45, 2.75) is 19.5 Å². The molecule has 7 heteroatoms. The van der Waals surface area contributed by atoms with E-state index in [9.17, 15) is 0 Å². The van der Waals surface area contributed by atoms with Crippen LogP contribution in [0, 0.1) is 0 Å². The number of nitrogen functional groups attached to an aromatic ring is 1. The van der Waals surface area contributed by atoms with Gasteiger partial charge in [-0.25, -0.2) is 9.97 Å². The molecule has 132 valence electrons. The third-order valence-electron chi connectivity index (χ3n) is 4.28. The van der Waals surface area contributed by atoms with E-state index < -0.39 is 0 Å². The monoisotopic (exact) mass is 358 g/mol. The molecule has 2 aromatic heterocycles. The van der Waals surface area contributed by atoms with Crippen LogP contribution in [0.3, 0.4) is 0 Å². The van der Waals surface area contributed by atoms with E-state index in [1.54, 1.807) is 25.6 Å². The van der Waals surface area contributed by atoms with Crippen molar-refractivity contribution in [2.75, 3.05) is 27.0 Å². The summed E-state index contributed by atoms with van der Waals surface area (Å²) >= 11 is 1.75. The number of benzene rings is 1. The number of methoxy groups -OCH3 is 2. The minimum absolute atomic E-state index is 0.283. The summed E-state index contributed by atoms with van der Waals surface area (Å²) in [6.45, 7) is 2.78. The molecule has 0 aliphatic heterocycles. The minimum Gasteiger partial charge on any atom is -0.493 e. The number of hydrogen-bond donors (Lipinski definition) is 1. The van der Waals surface area contributed by atoms with Gasteiger partial charge in [0.05, 0.1) is 26.3 Å². The first-order chi connectivity index (χ1) is 12.0. The molecule has 0 saturated carbocycles. The zero-order valence-electron chi connectivity index (χ0n) is 14.8. The van der Waals surface area contributed by atoms with Gasteiger partial charge in [-0.1, -0.05) is 6.07 Å². The van der Waals surface area contributed by atoms with Crippen molar-refractivity contribution in [1.29, 1.82) is 0 Å². The third-order valence-corrected chi connectivity index (χ3v) is 5.33. The van der Waals surface area contributed by atoms with E-state index in [-0.39, 0.29) is 6.04 Å². The molecule has 0 spiro atoms. The van der Waals surface area contributed by atoms with Crippen molar-refractivity contribution in [3.05, 3.63) is 40.3 Å². The molecule has 0 fully saturated rings. The molecular weight excluding hydrogens is 336 g/mol. The standard InChI is InChI=1S/C18H22N4O2S/c1-11(16-6-5-7-25-16)22(2)10-17-20-13-9-15(24-4)14(23-3)8-12(13)18(19)21-17/h5-9,11H,10H2,1-4H3,(H2,19,20,21). The van der Waals surface area contributed by atoms with Gasteiger partial charge < -0.3 is 15.2 Å². The van der Waals surface area contributed by atoms with Gasteiger partial charge >= 0.3 is 0 Å². The molecule has 1 unspecified atom stereocenters. The van der Waals surface area contributed by atoms with Crippen LogP contribution in [0.25, 0.3) is 10.9 Å². The number of fused-ring (bicyclic) bond motifs is 1. The first-order valence-corrected chi connectivity index (χ1v) is 8.83. The number of hydrogen-bond acceptors (Lipinski definition) is 7. The summed E-state index contributed by atoms with van der Waals surface area (Å²) in [6.07, 6.45) is 0. The fraction of sp³-hybridized carbons (Fsp3) is 0.333. The molecule has 0 radical (unpaired) electrons. The number of nitrogens with two attached hydrogens (primary N) is 1. The summed E-state index contributed by atoms with van der Waals surface area (Å²) in [4.78, 5) is 12.6. The van der Waals surface area contributed by atoms with Crippen LogP contribution in [0.5, 0.6) is 11.5 Å². The molecule has 6 nitrogen and oxygen atoms in total. The summed E-state index contributed by atoms with van der Waals surface area (Å²) in [5.41, 5.74) is 6.90. The summed E-state index contributed by atoms with van der Waals surface area (Å²) < 4.78 is 10.7. The number of thiophene rings is 1. The van der Waals surface area contributed by atoms with Crippen molar-refractivity contribution in [2.24, 2.45) is 0 Å². The Balaban J connectivity index is 1.92. The molecule has 1 atom stereocenters. The van der Waals surface area contributed by atoms with Crippen LogP contribution in [0.1, 0.15) is 23.7 Å². The summed E-state index contributed by atoms with van der Waals surface area (Å²) in [7, 11) is 5.25. The predicted octanol–water partition coefficient (Wildman–Crippen LogP) is 3.48. The van der Waals surface area contributed by atoms with Gasteiger partial charge in [0.25, 0.3) is 0 Å². The fourth-order valence-corrected chi connectivity index (χ4v) is 3.55. The first-order valence-electron chi connectivity index (χ1n) is 7.95. The first kappa shape index (κ1) is 17.4. The highest BCUT2D eigenvalue weighted by molar-refractivity contribution is 7.10. The van der Waals surface area contributed by atoms with Crippen LogP contribution in [-0.2, 0) is 6.54 Å². The average molecular weight is 358 g/mol. The largest absolute Gasteiger partial charge is 0.493 e. The van der Waals surface area contributed by atoms with Crippen LogP contribution in [-0.4, -0.2) is 36.1 Å². The van der Waals surface area contributed by atoms with Crippen LogP contribution in [0.4, 0.5) is 5.82 Å². The van der Waals surface area contributed by atoms with Crippen molar-refractivity contribution >= 4 is 28.1 Å². The van der Waals surface area contributed by atoms with Crippen LogP contribution < -0.4 is 15.2 Å². The molecule has 0 bridgehead atoms. The van der Waals surface area contributed by atoms with Gasteiger partial charge in [0.2, 0.25) is 0 Å². The van der Waals surface area contributed by atoms with E-state index in [2.05, 4.69) is 46.4 Å². The summed E-state index contributed by atoms with van der Waals surface area (Å²) in [5, 5.41) is 2.85. The highest BCUT2D eigenvalue weighted by Gasteiger charge is 2.16. The molecule has 1 aromatic carbocycles. The Labute approximate surface area is 151 Å². The van der Waals surface area contributed by atoms with Gasteiger partial charge in [0.1, 0.15) is 11.6 Å². The molecule has 3 aromatic rings. The molecule has 2 heterocycles. The minimum atomic E-state index is 0.283. The lowest BCUT2D eigenvalue weighted by Gasteiger charge is -2.23. The highest BCUT2D eigenvalue weighted by Crippen LogP contribution is 2.33. The lowest BCUT2D eigenvalue weighted by atomic mass is 10.2. The van der Waals surface area contributed by atoms with E-state index >= 15 is 0 Å². The Hall–Kier alpha value is -2.38. The van der Waals surface area contributed by atoms with Crippen molar-refractivity contribution < 1.29 is 9.47 Å². The lowest BCUT2D eigenvalue weighted by Crippen LogP contribution is -2.22. The quantitative estimate of drug-likeness (QED) is 0.727. The van der Waals surface area contributed by atoms with Gasteiger partial charge in [-0.05, 0) is 31.5 Å². The van der Waals surface area contributed by atoms with E-state index in [0.717, 1.165) is 10.9 Å². The van der Waals surface area contributed by atoms with Crippen LogP contribution >= 0.6 is 11.3 Å². The van der Waals surface area contributed by atoms with Crippen LogP contribution in [0.2, 0.25) is 0 Å². The third kappa shape index (κ3) is 3.52. The SMILES string of the molecule is COc1cc2nc(CN(C)C(C)c3cccs3)nc(N)c2cc1OC. The maximum Gasteiger partial charge on any atom is 0.162 e.